The molecule has 0 radical (unpaired) electrons. The Morgan fingerprint density at radius 3 is 2.68 bits per heavy atom. The zero-order chi connectivity index (χ0) is 25.3. The van der Waals surface area contributed by atoms with Crippen LogP contribution in [0.25, 0.3) is 16.6 Å². The number of likely N-dealkylation sites (tertiary alicyclic amines) is 1. The normalized spacial score (nSPS) is 26.1. The Morgan fingerprint density at radius 2 is 1.95 bits per heavy atom. The fraction of sp³-hybridized carbons (Fsp3) is 0.300. The number of hydrogen-bond acceptors (Lipinski definition) is 3. The lowest BCUT2D eigenvalue weighted by Crippen LogP contribution is -2.37. The molecule has 1 unspecified atom stereocenters. The highest BCUT2D eigenvalue weighted by Crippen LogP contribution is 2.68. The van der Waals surface area contributed by atoms with Crippen LogP contribution in [0.2, 0.25) is 0 Å². The smallest absolute Gasteiger partial charge is 0.272 e. The molecule has 7 heteroatoms. The van der Waals surface area contributed by atoms with Crippen molar-refractivity contribution in [2.24, 2.45) is 24.8 Å². The summed E-state index contributed by atoms with van der Waals surface area (Å²) >= 11 is 0. The van der Waals surface area contributed by atoms with Crippen molar-refractivity contribution in [1.29, 1.82) is 0 Å². The molecule has 2 fully saturated rings. The molecule has 1 saturated heterocycles. The van der Waals surface area contributed by atoms with Gasteiger partial charge in [-0.3, -0.25) is 9.48 Å². The number of nitrogens with zero attached hydrogens (tertiary/aromatic N) is 5. The minimum Gasteiger partial charge on any atom is -0.336 e. The maximum absolute atomic E-state index is 13.5. The van der Waals surface area contributed by atoms with E-state index < -0.39 is 0 Å². The lowest BCUT2D eigenvalue weighted by atomic mass is 9.83. The van der Waals surface area contributed by atoms with Gasteiger partial charge in [0.2, 0.25) is 0 Å². The summed E-state index contributed by atoms with van der Waals surface area (Å²) in [5.41, 5.74) is 4.90. The molecule has 6 nitrogen and oxygen atoms in total. The standard InChI is InChI=1S/C30H28FN5O/c1-19-14-27-21(16-33-36(27)23-10-8-22(31)9-11-23)15-24(19)30-18-35(29(37)26-12-13-32-34(26)2)17-25(30)28(30)20-6-4-3-5-7-20/h3-6,8-16,20,25,28H,7,17-18H2,1-2H3/t20?,25-,28-,30+/m0/s1. The minimum absolute atomic E-state index is 0.0484. The molecule has 2 aliphatic carbocycles. The van der Waals surface area contributed by atoms with E-state index in [1.807, 2.05) is 22.8 Å². The van der Waals surface area contributed by atoms with Crippen molar-refractivity contribution in [2.75, 3.05) is 13.1 Å². The second-order valence-corrected chi connectivity index (χ2v) is 10.7. The van der Waals surface area contributed by atoms with Crippen molar-refractivity contribution in [1.82, 2.24) is 24.5 Å². The summed E-state index contributed by atoms with van der Waals surface area (Å²) in [6.45, 7) is 3.63. The number of carbonyl (C=O) groups excluding carboxylic acids is 1. The zero-order valence-corrected chi connectivity index (χ0v) is 20.9. The van der Waals surface area contributed by atoms with Crippen LogP contribution in [-0.4, -0.2) is 43.5 Å². The number of allylic oxidation sites excluding steroid dienone is 4. The van der Waals surface area contributed by atoms with Crippen LogP contribution in [0, 0.1) is 30.5 Å². The third kappa shape index (κ3) is 3.26. The Bertz CT molecular complexity index is 1600. The second kappa shape index (κ2) is 8.00. The maximum Gasteiger partial charge on any atom is 0.272 e. The summed E-state index contributed by atoms with van der Waals surface area (Å²) in [6.07, 6.45) is 13.5. The number of fused-ring (bicyclic) bond motifs is 2. The van der Waals surface area contributed by atoms with Crippen LogP contribution in [0.3, 0.4) is 0 Å². The first-order valence-corrected chi connectivity index (χ1v) is 12.8. The molecule has 4 atom stereocenters. The third-order valence-electron chi connectivity index (χ3n) is 8.74. The fourth-order valence-electron chi connectivity index (χ4n) is 7.05. The highest BCUT2D eigenvalue weighted by Gasteiger charge is 2.71. The van der Waals surface area contributed by atoms with Gasteiger partial charge in [-0.2, -0.15) is 10.2 Å². The van der Waals surface area contributed by atoms with Gasteiger partial charge in [0.25, 0.3) is 5.91 Å². The number of aromatic nitrogens is 4. The van der Waals surface area contributed by atoms with Crippen LogP contribution in [0.4, 0.5) is 4.39 Å². The van der Waals surface area contributed by atoms with Crippen LogP contribution >= 0.6 is 0 Å². The van der Waals surface area contributed by atoms with E-state index in [2.05, 4.69) is 53.6 Å². The number of aryl methyl sites for hydroxylation is 2. The number of hydrogen-bond donors (Lipinski definition) is 0. The largest absolute Gasteiger partial charge is 0.336 e. The van der Waals surface area contributed by atoms with Crippen molar-refractivity contribution in [3.63, 3.8) is 0 Å². The van der Waals surface area contributed by atoms with Crippen molar-refractivity contribution >= 4 is 16.8 Å². The average molecular weight is 494 g/mol. The summed E-state index contributed by atoms with van der Waals surface area (Å²) in [7, 11) is 1.82. The fourth-order valence-corrected chi connectivity index (χ4v) is 7.05. The zero-order valence-electron chi connectivity index (χ0n) is 20.9. The first-order chi connectivity index (χ1) is 18.0. The van der Waals surface area contributed by atoms with E-state index in [9.17, 15) is 9.18 Å². The summed E-state index contributed by atoms with van der Waals surface area (Å²) in [4.78, 5) is 15.5. The molecule has 7 rings (SSSR count). The molecule has 2 aromatic carbocycles. The molecule has 0 N–H and O–H groups in total. The summed E-state index contributed by atoms with van der Waals surface area (Å²) < 4.78 is 17.0. The van der Waals surface area contributed by atoms with Gasteiger partial charge in [0.05, 0.1) is 17.4 Å². The monoisotopic (exact) mass is 493 g/mol. The van der Waals surface area contributed by atoms with E-state index >= 15 is 0 Å². The number of halogens is 1. The molecule has 0 spiro atoms. The van der Waals surface area contributed by atoms with Crippen LogP contribution in [0.15, 0.2) is 79.2 Å². The van der Waals surface area contributed by atoms with E-state index in [0.717, 1.165) is 29.6 Å². The highest BCUT2D eigenvalue weighted by atomic mass is 19.1. The van der Waals surface area contributed by atoms with Gasteiger partial charge in [-0.05, 0) is 84.7 Å². The first kappa shape index (κ1) is 22.2. The Balaban J connectivity index is 1.29. The van der Waals surface area contributed by atoms with Crippen molar-refractivity contribution < 1.29 is 9.18 Å². The second-order valence-electron chi connectivity index (χ2n) is 10.7. The molecule has 1 saturated carbocycles. The Labute approximate surface area is 214 Å². The van der Waals surface area contributed by atoms with Gasteiger partial charge < -0.3 is 4.90 Å². The van der Waals surface area contributed by atoms with Crippen LogP contribution in [-0.2, 0) is 12.5 Å². The number of piperidine rings is 1. The van der Waals surface area contributed by atoms with Gasteiger partial charge in [0, 0.05) is 37.1 Å². The molecular formula is C30H28FN5O. The molecule has 4 aromatic rings. The lowest BCUT2D eigenvalue weighted by Gasteiger charge is -2.28. The molecule has 1 amide bonds. The lowest BCUT2D eigenvalue weighted by molar-refractivity contribution is 0.0748. The maximum atomic E-state index is 13.5. The Morgan fingerprint density at radius 1 is 1.11 bits per heavy atom. The first-order valence-electron chi connectivity index (χ1n) is 12.8. The molecule has 3 heterocycles. The van der Waals surface area contributed by atoms with E-state index in [0.29, 0.717) is 30.0 Å². The van der Waals surface area contributed by atoms with Crippen LogP contribution in [0.5, 0.6) is 0 Å². The van der Waals surface area contributed by atoms with Crippen LogP contribution in [0.1, 0.15) is 28.0 Å². The summed E-state index contributed by atoms with van der Waals surface area (Å²) in [5, 5.41) is 9.90. The Kier molecular flexibility index (Phi) is 4.80. The number of rotatable bonds is 4. The third-order valence-corrected chi connectivity index (χ3v) is 8.74. The summed E-state index contributed by atoms with van der Waals surface area (Å²) in [6, 6.07) is 12.7. The van der Waals surface area contributed by atoms with Gasteiger partial charge in [-0.15, -0.1) is 0 Å². The van der Waals surface area contributed by atoms with Gasteiger partial charge in [0.15, 0.2) is 0 Å². The van der Waals surface area contributed by atoms with Crippen molar-refractivity contribution in [3.05, 3.63) is 102 Å². The predicted octanol–water partition coefficient (Wildman–Crippen LogP) is 4.98. The molecule has 2 aromatic heterocycles. The van der Waals surface area contributed by atoms with Crippen LogP contribution < -0.4 is 0 Å². The molecular weight excluding hydrogens is 465 g/mol. The number of carbonyl (C=O) groups is 1. The predicted molar refractivity (Wildman–Crippen MR) is 140 cm³/mol. The van der Waals surface area contributed by atoms with Crippen molar-refractivity contribution in [3.8, 4) is 5.69 Å². The minimum atomic E-state index is -0.262. The van der Waals surface area contributed by atoms with E-state index in [1.54, 1.807) is 29.1 Å². The molecule has 0 bridgehead atoms. The van der Waals surface area contributed by atoms with Gasteiger partial charge in [-0.25, -0.2) is 9.07 Å². The van der Waals surface area contributed by atoms with E-state index in [-0.39, 0.29) is 17.1 Å². The van der Waals surface area contributed by atoms with Gasteiger partial charge in [-0.1, -0.05) is 24.3 Å². The molecule has 1 aliphatic heterocycles. The Hall–Kier alpha value is -4.00. The van der Waals surface area contributed by atoms with E-state index in [4.69, 9.17) is 0 Å². The number of amides is 1. The summed E-state index contributed by atoms with van der Waals surface area (Å²) in [5.74, 6) is 1.16. The van der Waals surface area contributed by atoms with Gasteiger partial charge >= 0.3 is 0 Å². The quantitative estimate of drug-likeness (QED) is 0.403. The average Bonchev–Trinajstić information content (AvgIpc) is 3.32. The number of benzene rings is 2. The molecule has 186 valence electrons. The molecule has 37 heavy (non-hydrogen) atoms. The topological polar surface area (TPSA) is 56.0 Å². The van der Waals surface area contributed by atoms with Crippen molar-refractivity contribution in [2.45, 2.75) is 18.8 Å². The highest BCUT2D eigenvalue weighted by molar-refractivity contribution is 5.93. The SMILES string of the molecule is Cc1cc2c(cnn2-c2ccc(F)cc2)cc1[C@]12CN(C(=O)c3ccnn3C)C[C@H]1[C@@H]2C1C=CC=CC1. The van der Waals surface area contributed by atoms with E-state index in [1.165, 1.54) is 23.3 Å². The molecule has 3 aliphatic rings. The van der Waals surface area contributed by atoms with Gasteiger partial charge in [0.1, 0.15) is 11.5 Å².